The van der Waals surface area contributed by atoms with Crippen molar-refractivity contribution >= 4 is 45.8 Å². The summed E-state index contributed by atoms with van der Waals surface area (Å²) in [4.78, 5) is 16.9. The predicted octanol–water partition coefficient (Wildman–Crippen LogP) is 5.41. The van der Waals surface area contributed by atoms with E-state index < -0.39 is 0 Å². The Kier molecular flexibility index (Phi) is 6.00. The highest BCUT2D eigenvalue weighted by Crippen LogP contribution is 2.25. The lowest BCUT2D eigenvalue weighted by molar-refractivity contribution is 0.838. The van der Waals surface area contributed by atoms with Crippen molar-refractivity contribution in [1.29, 1.82) is 0 Å². The molecule has 0 unspecified atom stereocenters. The minimum Gasteiger partial charge on any atom is -0.363 e. The van der Waals surface area contributed by atoms with Gasteiger partial charge in [0.25, 0.3) is 0 Å². The van der Waals surface area contributed by atoms with Crippen LogP contribution in [0.4, 0.5) is 23.3 Å². The molecular weight excluding hydrogens is 408 g/mol. The van der Waals surface area contributed by atoms with E-state index in [9.17, 15) is 0 Å². The van der Waals surface area contributed by atoms with Crippen molar-refractivity contribution in [2.24, 2.45) is 0 Å². The van der Waals surface area contributed by atoms with Crippen molar-refractivity contribution in [1.82, 2.24) is 15.0 Å². The Labute approximate surface area is 187 Å². The second kappa shape index (κ2) is 8.86. The van der Waals surface area contributed by atoms with E-state index in [2.05, 4.69) is 39.6 Å². The standard InChI is InChI=1S/C24H27ClN6/c1-16-13-18(9-10-20(16)25)27-22-14-23(30(2)3)29-24(28-22)31(4)12-11-17-15-26-21-8-6-5-7-19(17)21/h5-10,13-15,26H,11-12H2,1-4H3,(H,27,28,29). The molecule has 0 aliphatic carbocycles. The van der Waals surface area contributed by atoms with E-state index in [1.54, 1.807) is 0 Å². The number of hydrogen-bond acceptors (Lipinski definition) is 5. The highest BCUT2D eigenvalue weighted by molar-refractivity contribution is 6.31. The number of nitrogens with zero attached hydrogens (tertiary/aromatic N) is 4. The summed E-state index contributed by atoms with van der Waals surface area (Å²) in [7, 11) is 5.99. The summed E-state index contributed by atoms with van der Waals surface area (Å²) in [6.45, 7) is 2.79. The van der Waals surface area contributed by atoms with Crippen LogP contribution in [0.15, 0.2) is 54.7 Å². The van der Waals surface area contributed by atoms with Crippen molar-refractivity contribution < 1.29 is 0 Å². The maximum atomic E-state index is 6.16. The van der Waals surface area contributed by atoms with Gasteiger partial charge in [0.2, 0.25) is 5.95 Å². The van der Waals surface area contributed by atoms with Crippen LogP contribution < -0.4 is 15.1 Å². The molecule has 0 aliphatic heterocycles. The van der Waals surface area contributed by atoms with Crippen molar-refractivity contribution in [3.63, 3.8) is 0 Å². The van der Waals surface area contributed by atoms with Crippen LogP contribution in [0.3, 0.4) is 0 Å². The molecule has 0 bridgehead atoms. The molecule has 2 aromatic heterocycles. The second-order valence-corrected chi connectivity index (χ2v) is 8.33. The predicted molar refractivity (Wildman–Crippen MR) is 131 cm³/mol. The van der Waals surface area contributed by atoms with E-state index in [1.165, 1.54) is 10.9 Å². The summed E-state index contributed by atoms with van der Waals surface area (Å²) in [5.41, 5.74) is 4.42. The molecule has 31 heavy (non-hydrogen) atoms. The lowest BCUT2D eigenvalue weighted by Crippen LogP contribution is -2.24. The molecule has 4 aromatic rings. The van der Waals surface area contributed by atoms with Gasteiger partial charge >= 0.3 is 0 Å². The molecule has 0 saturated heterocycles. The monoisotopic (exact) mass is 434 g/mol. The van der Waals surface area contributed by atoms with Crippen LogP contribution in [-0.2, 0) is 6.42 Å². The van der Waals surface area contributed by atoms with Crippen LogP contribution in [0.1, 0.15) is 11.1 Å². The minimum absolute atomic E-state index is 0.680. The van der Waals surface area contributed by atoms with Crippen LogP contribution in [0, 0.1) is 6.92 Å². The third-order valence-corrected chi connectivity index (χ3v) is 5.75. The molecule has 0 spiro atoms. The lowest BCUT2D eigenvalue weighted by Gasteiger charge is -2.21. The van der Waals surface area contributed by atoms with E-state index >= 15 is 0 Å². The first kappa shape index (κ1) is 21.0. The topological polar surface area (TPSA) is 60.1 Å². The first-order chi connectivity index (χ1) is 14.9. The quantitative estimate of drug-likeness (QED) is 0.407. The molecule has 2 N–H and O–H groups in total. The van der Waals surface area contributed by atoms with E-state index in [1.807, 2.05) is 63.3 Å². The summed E-state index contributed by atoms with van der Waals surface area (Å²) in [5.74, 6) is 2.27. The highest BCUT2D eigenvalue weighted by atomic mass is 35.5. The average molecular weight is 435 g/mol. The number of rotatable bonds is 7. The smallest absolute Gasteiger partial charge is 0.229 e. The number of halogens is 1. The Hall–Kier alpha value is -3.25. The molecule has 7 heteroatoms. The molecule has 0 amide bonds. The number of H-pyrrole nitrogens is 1. The van der Waals surface area contributed by atoms with Gasteiger partial charge in [0.05, 0.1) is 0 Å². The lowest BCUT2D eigenvalue weighted by atomic mass is 10.1. The maximum Gasteiger partial charge on any atom is 0.229 e. The summed E-state index contributed by atoms with van der Waals surface area (Å²) in [5, 5.41) is 5.40. The van der Waals surface area contributed by atoms with E-state index in [0.29, 0.717) is 5.95 Å². The van der Waals surface area contributed by atoms with Crippen molar-refractivity contribution in [2.45, 2.75) is 13.3 Å². The molecule has 2 aromatic carbocycles. The minimum atomic E-state index is 0.680. The average Bonchev–Trinajstić information content (AvgIpc) is 3.17. The van der Waals surface area contributed by atoms with Gasteiger partial charge in [0, 0.05) is 61.6 Å². The number of anilines is 4. The van der Waals surface area contributed by atoms with Gasteiger partial charge in [-0.3, -0.25) is 0 Å². The number of aromatic amines is 1. The van der Waals surface area contributed by atoms with Gasteiger partial charge in [-0.2, -0.15) is 9.97 Å². The molecule has 0 fully saturated rings. The first-order valence-corrected chi connectivity index (χ1v) is 10.6. The molecule has 4 rings (SSSR count). The maximum absolute atomic E-state index is 6.16. The molecule has 0 saturated carbocycles. The number of likely N-dealkylation sites (N-methyl/N-ethyl adjacent to an activating group) is 1. The number of nitrogens with one attached hydrogen (secondary N) is 2. The highest BCUT2D eigenvalue weighted by Gasteiger charge is 2.12. The second-order valence-electron chi connectivity index (χ2n) is 7.93. The zero-order valence-corrected chi connectivity index (χ0v) is 19.0. The first-order valence-electron chi connectivity index (χ1n) is 10.3. The largest absolute Gasteiger partial charge is 0.363 e. The van der Waals surface area contributed by atoms with Crippen molar-refractivity contribution in [2.75, 3.05) is 42.8 Å². The normalized spacial score (nSPS) is 11.0. The van der Waals surface area contributed by atoms with Gasteiger partial charge < -0.3 is 20.1 Å². The third-order valence-electron chi connectivity index (χ3n) is 5.32. The summed E-state index contributed by atoms with van der Waals surface area (Å²) >= 11 is 6.16. The summed E-state index contributed by atoms with van der Waals surface area (Å²) in [6, 6.07) is 16.2. The fourth-order valence-electron chi connectivity index (χ4n) is 3.48. The Balaban J connectivity index is 1.55. The Morgan fingerprint density at radius 1 is 1.03 bits per heavy atom. The number of aromatic nitrogens is 3. The van der Waals surface area contributed by atoms with Crippen LogP contribution in [0.5, 0.6) is 0 Å². The fourth-order valence-corrected chi connectivity index (χ4v) is 3.60. The molecule has 0 radical (unpaired) electrons. The Morgan fingerprint density at radius 2 is 1.84 bits per heavy atom. The van der Waals surface area contributed by atoms with E-state index in [4.69, 9.17) is 21.6 Å². The van der Waals surface area contributed by atoms with Crippen LogP contribution >= 0.6 is 11.6 Å². The van der Waals surface area contributed by atoms with Crippen LogP contribution in [0.2, 0.25) is 5.02 Å². The number of benzene rings is 2. The van der Waals surface area contributed by atoms with Gasteiger partial charge in [0.15, 0.2) is 0 Å². The van der Waals surface area contributed by atoms with Gasteiger partial charge in [0.1, 0.15) is 11.6 Å². The molecule has 160 valence electrons. The SMILES string of the molecule is Cc1cc(Nc2cc(N(C)C)nc(N(C)CCc3c[nH]c4ccccc34)n2)ccc1Cl. The van der Waals surface area contributed by atoms with Gasteiger partial charge in [-0.1, -0.05) is 29.8 Å². The Bertz CT molecular complexity index is 1200. The molecule has 2 heterocycles. The molecule has 6 nitrogen and oxygen atoms in total. The van der Waals surface area contributed by atoms with Gasteiger partial charge in [-0.15, -0.1) is 0 Å². The number of hydrogen-bond donors (Lipinski definition) is 2. The number of para-hydroxylation sites is 1. The van der Waals surface area contributed by atoms with Crippen molar-refractivity contribution in [3.05, 3.63) is 70.9 Å². The van der Waals surface area contributed by atoms with Gasteiger partial charge in [-0.05, 0) is 48.7 Å². The van der Waals surface area contributed by atoms with Crippen LogP contribution in [-0.4, -0.2) is 42.6 Å². The van der Waals surface area contributed by atoms with E-state index in [0.717, 1.165) is 46.4 Å². The molecule has 0 aliphatic rings. The number of aryl methyl sites for hydroxylation is 1. The molecule has 0 atom stereocenters. The fraction of sp³-hybridized carbons (Fsp3) is 0.250. The zero-order valence-electron chi connectivity index (χ0n) is 18.3. The van der Waals surface area contributed by atoms with Crippen LogP contribution in [0.25, 0.3) is 10.9 Å². The zero-order chi connectivity index (χ0) is 22.0. The Morgan fingerprint density at radius 3 is 2.61 bits per heavy atom. The van der Waals surface area contributed by atoms with E-state index in [-0.39, 0.29) is 0 Å². The summed E-state index contributed by atoms with van der Waals surface area (Å²) in [6.07, 6.45) is 2.99. The molecular formula is C24H27ClN6. The van der Waals surface area contributed by atoms with Gasteiger partial charge in [-0.25, -0.2) is 0 Å². The summed E-state index contributed by atoms with van der Waals surface area (Å²) < 4.78 is 0. The third kappa shape index (κ3) is 4.75. The van der Waals surface area contributed by atoms with Crippen molar-refractivity contribution in [3.8, 4) is 0 Å². The number of fused-ring (bicyclic) bond motifs is 1.